The first-order chi connectivity index (χ1) is 7.09. The van der Waals surface area contributed by atoms with E-state index in [1.54, 1.807) is 0 Å². The van der Waals surface area contributed by atoms with Gasteiger partial charge in [0.1, 0.15) is 5.82 Å². The molecule has 1 fully saturated rings. The molecular formula is C11H13ClFNO. The molecule has 82 valence electrons. The first-order valence-corrected chi connectivity index (χ1v) is 5.36. The minimum absolute atomic E-state index is 0.221. The minimum Gasteiger partial charge on any atom is -0.391 e. The van der Waals surface area contributed by atoms with Gasteiger partial charge in [-0.05, 0) is 37.0 Å². The van der Waals surface area contributed by atoms with Crippen molar-refractivity contribution in [3.8, 4) is 0 Å². The molecule has 1 aliphatic carbocycles. The Bertz CT molecular complexity index is 368. The average molecular weight is 230 g/mol. The maximum atomic E-state index is 13.4. The van der Waals surface area contributed by atoms with Crippen LogP contribution < -0.4 is 5.73 Å². The van der Waals surface area contributed by atoms with Crippen molar-refractivity contribution in [1.29, 1.82) is 0 Å². The molecule has 0 heterocycles. The number of aliphatic hydroxyl groups is 1. The normalized spacial score (nSPS) is 20.0. The van der Waals surface area contributed by atoms with Gasteiger partial charge >= 0.3 is 0 Å². The minimum atomic E-state index is -0.684. The van der Waals surface area contributed by atoms with Crippen LogP contribution in [0.25, 0.3) is 0 Å². The Morgan fingerprint density at radius 2 is 2.13 bits per heavy atom. The summed E-state index contributed by atoms with van der Waals surface area (Å²) in [6.45, 7) is 0. The third kappa shape index (κ3) is 2.30. The summed E-state index contributed by atoms with van der Waals surface area (Å²) in [6.07, 6.45) is 1.27. The van der Waals surface area contributed by atoms with Crippen molar-refractivity contribution in [2.24, 2.45) is 11.7 Å². The van der Waals surface area contributed by atoms with Crippen molar-refractivity contribution in [3.05, 3.63) is 34.6 Å². The molecule has 15 heavy (non-hydrogen) atoms. The molecule has 0 radical (unpaired) electrons. The fourth-order valence-corrected chi connectivity index (χ4v) is 1.87. The van der Waals surface area contributed by atoms with Crippen molar-refractivity contribution in [3.63, 3.8) is 0 Å². The van der Waals surface area contributed by atoms with Crippen LogP contribution in [0.5, 0.6) is 0 Å². The molecular weight excluding hydrogens is 217 g/mol. The second-order valence-electron chi connectivity index (χ2n) is 4.02. The van der Waals surface area contributed by atoms with Gasteiger partial charge in [0.2, 0.25) is 0 Å². The Morgan fingerprint density at radius 3 is 2.73 bits per heavy atom. The lowest BCUT2D eigenvalue weighted by molar-refractivity contribution is 0.121. The van der Waals surface area contributed by atoms with Gasteiger partial charge in [0.15, 0.2) is 0 Å². The molecule has 4 heteroatoms. The lowest BCUT2D eigenvalue weighted by Crippen LogP contribution is -2.28. The third-order valence-electron chi connectivity index (χ3n) is 2.79. The maximum absolute atomic E-state index is 13.4. The van der Waals surface area contributed by atoms with Crippen molar-refractivity contribution in [2.75, 3.05) is 0 Å². The molecule has 1 aliphatic rings. The summed E-state index contributed by atoms with van der Waals surface area (Å²) in [7, 11) is 0. The van der Waals surface area contributed by atoms with Gasteiger partial charge in [0.25, 0.3) is 0 Å². The van der Waals surface area contributed by atoms with E-state index in [1.165, 1.54) is 18.2 Å². The number of halogens is 2. The van der Waals surface area contributed by atoms with Crippen LogP contribution in [0.15, 0.2) is 18.2 Å². The third-order valence-corrected chi connectivity index (χ3v) is 3.03. The fourth-order valence-electron chi connectivity index (χ4n) is 1.68. The molecule has 1 aromatic carbocycles. The van der Waals surface area contributed by atoms with Gasteiger partial charge in [-0.2, -0.15) is 0 Å². The van der Waals surface area contributed by atoms with Gasteiger partial charge in [-0.3, -0.25) is 0 Å². The highest BCUT2D eigenvalue weighted by molar-refractivity contribution is 6.30. The van der Waals surface area contributed by atoms with Gasteiger partial charge in [0, 0.05) is 10.6 Å². The maximum Gasteiger partial charge on any atom is 0.128 e. The predicted octanol–water partition coefficient (Wildman–Crippen LogP) is 2.25. The monoisotopic (exact) mass is 229 g/mol. The Balaban J connectivity index is 2.23. The second-order valence-corrected chi connectivity index (χ2v) is 4.46. The molecule has 0 amide bonds. The summed E-state index contributed by atoms with van der Waals surface area (Å²) < 4.78 is 13.4. The Labute approximate surface area is 92.9 Å². The largest absolute Gasteiger partial charge is 0.391 e. The summed E-state index contributed by atoms with van der Waals surface area (Å²) in [5.41, 5.74) is 6.09. The van der Waals surface area contributed by atoms with E-state index in [0.29, 0.717) is 10.6 Å². The highest BCUT2D eigenvalue weighted by Crippen LogP contribution is 2.37. The van der Waals surface area contributed by atoms with E-state index in [9.17, 15) is 9.50 Å². The number of aliphatic hydroxyl groups excluding tert-OH is 1. The molecule has 0 aliphatic heterocycles. The van der Waals surface area contributed by atoms with Gasteiger partial charge in [-0.25, -0.2) is 4.39 Å². The molecule has 1 saturated carbocycles. The van der Waals surface area contributed by atoms with E-state index in [1.807, 2.05) is 0 Å². The summed E-state index contributed by atoms with van der Waals surface area (Å²) in [5, 5.41) is 10.2. The fraction of sp³-hybridized carbons (Fsp3) is 0.455. The van der Waals surface area contributed by atoms with Crippen LogP contribution in [0.3, 0.4) is 0 Å². The van der Waals surface area contributed by atoms with Crippen molar-refractivity contribution in [2.45, 2.75) is 25.0 Å². The van der Waals surface area contributed by atoms with Crippen molar-refractivity contribution >= 4 is 11.6 Å². The Morgan fingerprint density at radius 1 is 1.47 bits per heavy atom. The lowest BCUT2D eigenvalue weighted by atomic mass is 9.99. The molecule has 0 unspecified atom stereocenters. The zero-order valence-corrected chi connectivity index (χ0v) is 8.91. The van der Waals surface area contributed by atoms with E-state index in [2.05, 4.69) is 0 Å². The number of benzene rings is 1. The summed E-state index contributed by atoms with van der Waals surface area (Å²) in [4.78, 5) is 0. The molecule has 0 aromatic heterocycles. The van der Waals surface area contributed by atoms with E-state index in [0.717, 1.165) is 12.8 Å². The quantitative estimate of drug-likeness (QED) is 0.835. The van der Waals surface area contributed by atoms with Gasteiger partial charge in [-0.15, -0.1) is 0 Å². The molecule has 1 aromatic rings. The number of rotatable bonds is 3. The second kappa shape index (κ2) is 4.08. The first kappa shape index (κ1) is 10.9. The zero-order valence-electron chi connectivity index (χ0n) is 8.16. The van der Waals surface area contributed by atoms with Crippen LogP contribution in [0, 0.1) is 11.7 Å². The molecule has 2 nitrogen and oxygen atoms in total. The highest BCUT2D eigenvalue weighted by atomic mass is 35.5. The highest BCUT2D eigenvalue weighted by Gasteiger charge is 2.35. The van der Waals surface area contributed by atoms with E-state index < -0.39 is 18.0 Å². The van der Waals surface area contributed by atoms with Gasteiger partial charge < -0.3 is 10.8 Å². The average Bonchev–Trinajstić information content (AvgIpc) is 3.03. The van der Waals surface area contributed by atoms with Crippen LogP contribution in [-0.2, 0) is 0 Å². The molecule has 2 rings (SSSR count). The number of hydrogen-bond acceptors (Lipinski definition) is 2. The van der Waals surface area contributed by atoms with E-state index >= 15 is 0 Å². The molecule has 0 bridgehead atoms. The molecule has 2 atom stereocenters. The molecule has 0 saturated heterocycles. The first-order valence-electron chi connectivity index (χ1n) is 4.98. The van der Waals surface area contributed by atoms with E-state index in [4.69, 9.17) is 17.3 Å². The predicted molar refractivity (Wildman–Crippen MR) is 57.1 cm³/mol. The smallest absolute Gasteiger partial charge is 0.128 e. The summed E-state index contributed by atoms with van der Waals surface area (Å²) in [6, 6.07) is 3.54. The summed E-state index contributed by atoms with van der Waals surface area (Å²) >= 11 is 5.76. The number of nitrogens with two attached hydrogens (primary N) is 1. The van der Waals surface area contributed by atoms with Crippen LogP contribution >= 0.6 is 11.6 Å². The van der Waals surface area contributed by atoms with Gasteiger partial charge in [0.05, 0.1) is 12.1 Å². The number of hydrogen-bond donors (Lipinski definition) is 2. The molecule has 3 N–H and O–H groups in total. The summed E-state index contributed by atoms with van der Waals surface area (Å²) in [5.74, 6) is -0.190. The van der Waals surface area contributed by atoms with E-state index in [-0.39, 0.29) is 5.92 Å². The van der Waals surface area contributed by atoms with Crippen LogP contribution in [0.2, 0.25) is 5.02 Å². The van der Waals surface area contributed by atoms with Crippen LogP contribution in [0.1, 0.15) is 24.4 Å². The standard InChI is InChI=1S/C11H13ClFNO/c12-7-3-4-9(13)8(5-7)10(14)11(15)6-1-2-6/h3-6,10-11,15H,1-2,14H2/t10-,11+/m1/s1. The zero-order chi connectivity index (χ0) is 11.0. The Kier molecular flexibility index (Phi) is 2.96. The SMILES string of the molecule is N[C@H](c1cc(Cl)ccc1F)[C@@H](O)C1CC1. The van der Waals surface area contributed by atoms with Gasteiger partial charge in [-0.1, -0.05) is 11.6 Å². The van der Waals surface area contributed by atoms with Crippen molar-refractivity contribution < 1.29 is 9.50 Å². The van der Waals surface area contributed by atoms with Crippen molar-refractivity contribution in [1.82, 2.24) is 0 Å². The van der Waals surface area contributed by atoms with Crippen LogP contribution in [0.4, 0.5) is 4.39 Å². The Hall–Kier alpha value is -0.640. The topological polar surface area (TPSA) is 46.2 Å². The van der Waals surface area contributed by atoms with Crippen LogP contribution in [-0.4, -0.2) is 11.2 Å². The molecule has 0 spiro atoms. The lowest BCUT2D eigenvalue weighted by Gasteiger charge is -2.19.